The fourth-order valence-electron chi connectivity index (χ4n) is 1.94. The predicted molar refractivity (Wildman–Crippen MR) is 76.0 cm³/mol. The van der Waals surface area contributed by atoms with Gasteiger partial charge in [0.05, 0.1) is 18.8 Å². The van der Waals surface area contributed by atoms with E-state index in [4.69, 9.17) is 15.2 Å². The van der Waals surface area contributed by atoms with Crippen molar-refractivity contribution in [1.82, 2.24) is 4.98 Å². The van der Waals surface area contributed by atoms with E-state index >= 15 is 0 Å². The van der Waals surface area contributed by atoms with Crippen LogP contribution in [0.2, 0.25) is 0 Å². The average Bonchev–Trinajstić information content (AvgIpc) is 2.80. The van der Waals surface area contributed by atoms with E-state index in [-0.39, 0.29) is 6.10 Å². The Hall–Kier alpha value is -1.92. The molecule has 1 saturated heterocycles. The van der Waals surface area contributed by atoms with Crippen LogP contribution in [0.1, 0.15) is 15.2 Å². The lowest BCUT2D eigenvalue weighted by atomic mass is 10.1. The molecule has 1 aliphatic heterocycles. The number of aryl methyl sites for hydroxylation is 1. The predicted octanol–water partition coefficient (Wildman–Crippen LogP) is 2.00. The monoisotopic (exact) mass is 290 g/mol. The zero-order valence-electron chi connectivity index (χ0n) is 11.0. The number of thiazole rings is 1. The summed E-state index contributed by atoms with van der Waals surface area (Å²) in [5, 5.41) is 0.787. The minimum atomic E-state index is -0.483. The smallest absolute Gasteiger partial charge is 0.249 e. The summed E-state index contributed by atoms with van der Waals surface area (Å²) in [6.45, 7) is 3.14. The number of hydrogen-bond donors (Lipinski definition) is 1. The van der Waals surface area contributed by atoms with Crippen LogP contribution < -0.4 is 10.5 Å². The molecule has 0 spiro atoms. The third-order valence-electron chi connectivity index (χ3n) is 3.02. The average molecular weight is 290 g/mol. The van der Waals surface area contributed by atoms with E-state index in [0.29, 0.717) is 24.5 Å². The number of carbonyl (C=O) groups excluding carboxylic acids is 1. The number of benzene rings is 1. The number of aromatic nitrogens is 1. The fraction of sp³-hybridized carbons (Fsp3) is 0.286. The van der Waals surface area contributed by atoms with Crippen molar-refractivity contribution in [2.45, 2.75) is 13.0 Å². The van der Waals surface area contributed by atoms with Gasteiger partial charge in [0.15, 0.2) is 0 Å². The number of nitrogens with zero attached hydrogens (tertiary/aromatic N) is 1. The number of nitrogens with two attached hydrogens (primary N) is 1. The highest BCUT2D eigenvalue weighted by Gasteiger charge is 2.21. The van der Waals surface area contributed by atoms with Gasteiger partial charge in [0.2, 0.25) is 5.91 Å². The van der Waals surface area contributed by atoms with Crippen LogP contribution in [-0.4, -0.2) is 30.2 Å². The third-order valence-corrected chi connectivity index (χ3v) is 3.96. The summed E-state index contributed by atoms with van der Waals surface area (Å²) < 4.78 is 10.7. The zero-order chi connectivity index (χ0) is 14.1. The van der Waals surface area contributed by atoms with Crippen molar-refractivity contribution in [3.63, 3.8) is 0 Å². The normalized spacial score (nSPS) is 14.8. The summed E-state index contributed by atoms with van der Waals surface area (Å²) >= 11 is 1.53. The summed E-state index contributed by atoms with van der Waals surface area (Å²) in [4.78, 5) is 17.0. The Morgan fingerprint density at radius 2 is 2.30 bits per heavy atom. The molecular weight excluding hydrogens is 276 g/mol. The molecule has 0 unspecified atom stereocenters. The quantitative estimate of drug-likeness (QED) is 0.934. The third kappa shape index (κ3) is 2.52. The van der Waals surface area contributed by atoms with Gasteiger partial charge in [-0.1, -0.05) is 0 Å². The molecule has 6 heteroatoms. The van der Waals surface area contributed by atoms with E-state index in [0.717, 1.165) is 15.4 Å². The molecule has 1 aromatic heterocycles. The van der Waals surface area contributed by atoms with Gasteiger partial charge in [-0.05, 0) is 25.1 Å². The zero-order valence-corrected chi connectivity index (χ0v) is 11.8. The molecule has 5 nitrogen and oxygen atoms in total. The lowest BCUT2D eigenvalue weighted by Gasteiger charge is -2.26. The number of ether oxygens (including phenoxy) is 2. The number of hydrogen-bond acceptors (Lipinski definition) is 5. The topological polar surface area (TPSA) is 74.4 Å². The van der Waals surface area contributed by atoms with E-state index < -0.39 is 5.91 Å². The lowest BCUT2D eigenvalue weighted by Crippen LogP contribution is -2.38. The maximum Gasteiger partial charge on any atom is 0.249 e. The van der Waals surface area contributed by atoms with Crippen LogP contribution in [0.25, 0.3) is 10.6 Å². The van der Waals surface area contributed by atoms with Crippen molar-refractivity contribution in [2.75, 3.05) is 13.2 Å². The first-order chi connectivity index (χ1) is 9.63. The first kappa shape index (κ1) is 13.1. The Morgan fingerprint density at radius 3 is 2.85 bits per heavy atom. The van der Waals surface area contributed by atoms with Gasteiger partial charge in [0.25, 0.3) is 0 Å². The second kappa shape index (κ2) is 5.22. The van der Waals surface area contributed by atoms with E-state index in [9.17, 15) is 4.79 Å². The van der Waals surface area contributed by atoms with Crippen LogP contribution in [0.5, 0.6) is 5.75 Å². The van der Waals surface area contributed by atoms with Crippen LogP contribution >= 0.6 is 11.3 Å². The molecule has 20 heavy (non-hydrogen) atoms. The molecule has 1 aromatic carbocycles. The lowest BCUT2D eigenvalue weighted by molar-refractivity contribution is -0.0796. The van der Waals surface area contributed by atoms with Gasteiger partial charge in [-0.3, -0.25) is 4.79 Å². The number of primary amides is 1. The van der Waals surface area contributed by atoms with Crippen LogP contribution in [-0.2, 0) is 4.74 Å². The molecule has 0 radical (unpaired) electrons. The molecule has 1 fully saturated rings. The number of amides is 1. The molecule has 2 N–H and O–H groups in total. The highest BCUT2D eigenvalue weighted by atomic mass is 32.1. The van der Waals surface area contributed by atoms with Crippen LogP contribution in [0, 0.1) is 6.92 Å². The van der Waals surface area contributed by atoms with Gasteiger partial charge < -0.3 is 15.2 Å². The Bertz CT molecular complexity index is 650. The van der Waals surface area contributed by atoms with Gasteiger partial charge in [-0.2, -0.15) is 0 Å². The van der Waals surface area contributed by atoms with E-state index in [2.05, 4.69) is 4.98 Å². The van der Waals surface area contributed by atoms with E-state index in [1.54, 1.807) is 12.3 Å². The fourth-order valence-corrected chi connectivity index (χ4v) is 2.74. The second-order valence-corrected chi connectivity index (χ2v) is 5.86. The van der Waals surface area contributed by atoms with Gasteiger partial charge in [-0.25, -0.2) is 4.98 Å². The molecule has 0 aliphatic carbocycles. The minimum absolute atomic E-state index is 0.0590. The standard InChI is InChI=1S/C14H14N2O3S/c1-8-5-16-14(20-8)11-3-2-9(4-12(11)13(15)17)19-10-6-18-7-10/h2-5,10H,6-7H2,1H3,(H2,15,17). The summed E-state index contributed by atoms with van der Waals surface area (Å²) in [6.07, 6.45) is 1.84. The first-order valence-corrected chi connectivity index (χ1v) is 7.06. The maximum atomic E-state index is 11.6. The van der Waals surface area contributed by atoms with Gasteiger partial charge in [0, 0.05) is 16.6 Å². The highest BCUT2D eigenvalue weighted by molar-refractivity contribution is 7.15. The molecule has 0 saturated carbocycles. The molecule has 1 aliphatic rings. The van der Waals surface area contributed by atoms with Gasteiger partial charge in [0.1, 0.15) is 16.9 Å². The van der Waals surface area contributed by atoms with E-state index in [1.165, 1.54) is 11.3 Å². The molecule has 0 bridgehead atoms. The Labute approximate surface area is 120 Å². The minimum Gasteiger partial charge on any atom is -0.486 e. The SMILES string of the molecule is Cc1cnc(-c2ccc(OC3COC3)cc2C(N)=O)s1. The Kier molecular flexibility index (Phi) is 3.42. The van der Waals surface area contributed by atoms with Crippen LogP contribution in [0.4, 0.5) is 0 Å². The number of rotatable bonds is 4. The van der Waals surface area contributed by atoms with Crippen molar-refractivity contribution in [3.05, 3.63) is 34.8 Å². The van der Waals surface area contributed by atoms with Crippen LogP contribution in [0.15, 0.2) is 24.4 Å². The van der Waals surface area contributed by atoms with Gasteiger partial charge in [-0.15, -0.1) is 11.3 Å². The van der Waals surface area contributed by atoms with Crippen molar-refractivity contribution in [3.8, 4) is 16.3 Å². The van der Waals surface area contributed by atoms with E-state index in [1.807, 2.05) is 19.1 Å². The van der Waals surface area contributed by atoms with Gasteiger partial charge >= 0.3 is 0 Å². The Morgan fingerprint density at radius 1 is 1.50 bits per heavy atom. The molecular formula is C14H14N2O3S. The van der Waals surface area contributed by atoms with Crippen molar-refractivity contribution in [1.29, 1.82) is 0 Å². The molecule has 2 aromatic rings. The van der Waals surface area contributed by atoms with Crippen molar-refractivity contribution >= 4 is 17.2 Å². The van der Waals surface area contributed by atoms with Crippen molar-refractivity contribution in [2.24, 2.45) is 5.73 Å². The largest absolute Gasteiger partial charge is 0.486 e. The molecule has 3 rings (SSSR count). The molecule has 104 valence electrons. The number of carbonyl (C=O) groups is 1. The maximum absolute atomic E-state index is 11.6. The first-order valence-electron chi connectivity index (χ1n) is 6.24. The Balaban J connectivity index is 1.95. The molecule has 2 heterocycles. The molecule has 1 amide bonds. The summed E-state index contributed by atoms with van der Waals surface area (Å²) in [5.41, 5.74) is 6.63. The highest BCUT2D eigenvalue weighted by Crippen LogP contribution is 2.31. The van der Waals surface area contributed by atoms with Crippen molar-refractivity contribution < 1.29 is 14.3 Å². The summed E-state index contributed by atoms with van der Waals surface area (Å²) in [6, 6.07) is 5.33. The van der Waals surface area contributed by atoms with Crippen LogP contribution in [0.3, 0.4) is 0 Å². The summed E-state index contributed by atoms with van der Waals surface area (Å²) in [5.74, 6) is 0.146. The second-order valence-electron chi connectivity index (χ2n) is 4.63. The molecule has 0 atom stereocenters. The summed E-state index contributed by atoms with van der Waals surface area (Å²) in [7, 11) is 0.